The highest BCUT2D eigenvalue weighted by atomic mass is 32.2. The molecule has 1 amide bonds. The SMILES string of the molecule is CC(SCc1coc(-c2ccccc2)n1)C(=O)NCc1ccc(F)cc1. The van der Waals surface area contributed by atoms with Crippen molar-refractivity contribution in [2.45, 2.75) is 24.5 Å². The van der Waals surface area contributed by atoms with Gasteiger partial charge in [0.15, 0.2) is 0 Å². The summed E-state index contributed by atoms with van der Waals surface area (Å²) in [5.74, 6) is 0.814. The first-order valence-electron chi connectivity index (χ1n) is 8.25. The van der Waals surface area contributed by atoms with E-state index in [-0.39, 0.29) is 17.0 Å². The largest absolute Gasteiger partial charge is 0.444 e. The van der Waals surface area contributed by atoms with Gasteiger partial charge in [-0.15, -0.1) is 11.8 Å². The van der Waals surface area contributed by atoms with Crippen LogP contribution in [0.15, 0.2) is 65.3 Å². The van der Waals surface area contributed by atoms with Crippen LogP contribution in [0.2, 0.25) is 0 Å². The van der Waals surface area contributed by atoms with E-state index in [1.54, 1.807) is 18.4 Å². The maximum Gasteiger partial charge on any atom is 0.233 e. The molecule has 1 N–H and O–H groups in total. The van der Waals surface area contributed by atoms with E-state index in [1.165, 1.54) is 23.9 Å². The minimum Gasteiger partial charge on any atom is -0.444 e. The Morgan fingerprint density at radius 3 is 2.65 bits per heavy atom. The van der Waals surface area contributed by atoms with Crippen LogP contribution in [-0.4, -0.2) is 16.1 Å². The molecule has 0 saturated heterocycles. The minimum absolute atomic E-state index is 0.0638. The average Bonchev–Trinajstić information content (AvgIpc) is 3.15. The second kappa shape index (κ2) is 8.67. The van der Waals surface area contributed by atoms with Gasteiger partial charge in [0, 0.05) is 17.9 Å². The third-order valence-corrected chi connectivity index (χ3v) is 4.98. The molecule has 0 radical (unpaired) electrons. The molecule has 0 bridgehead atoms. The van der Waals surface area contributed by atoms with Crippen molar-refractivity contribution in [1.29, 1.82) is 0 Å². The Labute approximate surface area is 155 Å². The molecule has 2 aromatic carbocycles. The molecule has 1 heterocycles. The molecule has 1 atom stereocenters. The number of benzene rings is 2. The van der Waals surface area contributed by atoms with Crippen molar-refractivity contribution in [2.75, 3.05) is 0 Å². The summed E-state index contributed by atoms with van der Waals surface area (Å²) in [6, 6.07) is 15.8. The van der Waals surface area contributed by atoms with E-state index in [4.69, 9.17) is 4.42 Å². The number of nitrogens with zero attached hydrogens (tertiary/aromatic N) is 1. The second-order valence-corrected chi connectivity index (χ2v) is 7.14. The second-order valence-electron chi connectivity index (χ2n) is 5.81. The molecule has 0 aliphatic heterocycles. The van der Waals surface area contributed by atoms with Crippen molar-refractivity contribution in [3.8, 4) is 11.5 Å². The van der Waals surface area contributed by atoms with Gasteiger partial charge in [-0.2, -0.15) is 0 Å². The van der Waals surface area contributed by atoms with E-state index in [0.717, 1.165) is 16.8 Å². The van der Waals surface area contributed by atoms with Gasteiger partial charge in [0.25, 0.3) is 0 Å². The highest BCUT2D eigenvalue weighted by Crippen LogP contribution is 2.22. The van der Waals surface area contributed by atoms with Crippen LogP contribution in [-0.2, 0) is 17.1 Å². The van der Waals surface area contributed by atoms with E-state index in [0.29, 0.717) is 18.2 Å². The van der Waals surface area contributed by atoms with Crippen molar-refractivity contribution < 1.29 is 13.6 Å². The monoisotopic (exact) mass is 370 g/mol. The predicted molar refractivity (Wildman–Crippen MR) is 101 cm³/mol. The molecule has 6 heteroatoms. The van der Waals surface area contributed by atoms with Gasteiger partial charge in [-0.05, 0) is 36.8 Å². The fourth-order valence-corrected chi connectivity index (χ4v) is 3.10. The van der Waals surface area contributed by atoms with Gasteiger partial charge in [0.1, 0.15) is 12.1 Å². The lowest BCUT2D eigenvalue weighted by Gasteiger charge is -2.11. The molecule has 1 aromatic heterocycles. The maximum absolute atomic E-state index is 12.9. The highest BCUT2D eigenvalue weighted by Gasteiger charge is 2.15. The van der Waals surface area contributed by atoms with Crippen molar-refractivity contribution in [3.63, 3.8) is 0 Å². The Morgan fingerprint density at radius 2 is 1.92 bits per heavy atom. The predicted octanol–water partition coefficient (Wildman–Crippen LogP) is 4.42. The topological polar surface area (TPSA) is 55.1 Å². The van der Waals surface area contributed by atoms with Crippen LogP contribution in [0.4, 0.5) is 4.39 Å². The van der Waals surface area contributed by atoms with Gasteiger partial charge >= 0.3 is 0 Å². The fraction of sp³-hybridized carbons (Fsp3) is 0.200. The minimum atomic E-state index is -0.286. The van der Waals surface area contributed by atoms with E-state index in [2.05, 4.69) is 10.3 Å². The lowest BCUT2D eigenvalue weighted by atomic mass is 10.2. The zero-order valence-corrected chi connectivity index (χ0v) is 15.1. The first kappa shape index (κ1) is 18.2. The summed E-state index contributed by atoms with van der Waals surface area (Å²) >= 11 is 1.49. The van der Waals surface area contributed by atoms with Gasteiger partial charge < -0.3 is 9.73 Å². The number of hydrogen-bond donors (Lipinski definition) is 1. The average molecular weight is 370 g/mol. The zero-order valence-electron chi connectivity index (χ0n) is 14.3. The summed E-state index contributed by atoms with van der Waals surface area (Å²) in [4.78, 5) is 16.6. The van der Waals surface area contributed by atoms with Crippen LogP contribution < -0.4 is 5.32 Å². The Balaban J connectivity index is 1.47. The maximum atomic E-state index is 12.9. The van der Waals surface area contributed by atoms with Crippen LogP contribution >= 0.6 is 11.8 Å². The first-order valence-corrected chi connectivity index (χ1v) is 9.30. The van der Waals surface area contributed by atoms with Crippen molar-refractivity contribution in [2.24, 2.45) is 0 Å². The van der Waals surface area contributed by atoms with E-state index >= 15 is 0 Å². The molecule has 1 unspecified atom stereocenters. The lowest BCUT2D eigenvalue weighted by Crippen LogP contribution is -2.30. The van der Waals surface area contributed by atoms with Gasteiger partial charge in [0.2, 0.25) is 11.8 Å². The quantitative estimate of drug-likeness (QED) is 0.669. The smallest absolute Gasteiger partial charge is 0.233 e. The highest BCUT2D eigenvalue weighted by molar-refractivity contribution is 7.99. The number of carbonyl (C=O) groups excluding carboxylic acids is 1. The molecule has 0 saturated carbocycles. The Bertz CT molecular complexity index is 850. The molecule has 0 spiro atoms. The number of nitrogens with one attached hydrogen (secondary N) is 1. The van der Waals surface area contributed by atoms with E-state index < -0.39 is 0 Å². The van der Waals surface area contributed by atoms with Gasteiger partial charge in [0.05, 0.1) is 10.9 Å². The molecule has 0 aliphatic carbocycles. The summed E-state index contributed by atoms with van der Waals surface area (Å²) < 4.78 is 18.4. The van der Waals surface area contributed by atoms with Gasteiger partial charge in [-0.25, -0.2) is 9.37 Å². The van der Waals surface area contributed by atoms with Crippen LogP contribution in [0.25, 0.3) is 11.5 Å². The normalized spacial score (nSPS) is 11.9. The van der Waals surface area contributed by atoms with E-state index in [1.807, 2.05) is 37.3 Å². The van der Waals surface area contributed by atoms with Crippen molar-refractivity contribution in [3.05, 3.63) is 77.9 Å². The molecule has 26 heavy (non-hydrogen) atoms. The summed E-state index contributed by atoms with van der Waals surface area (Å²) in [7, 11) is 0. The molecule has 4 nitrogen and oxygen atoms in total. The molecule has 134 valence electrons. The molecule has 3 rings (SSSR count). The van der Waals surface area contributed by atoms with Crippen molar-refractivity contribution in [1.82, 2.24) is 10.3 Å². The fourth-order valence-electron chi connectivity index (χ4n) is 2.31. The molecule has 0 fully saturated rings. The van der Waals surface area contributed by atoms with Crippen LogP contribution in [0, 0.1) is 5.82 Å². The summed E-state index contributed by atoms with van der Waals surface area (Å²) in [5.41, 5.74) is 2.59. The van der Waals surface area contributed by atoms with Crippen LogP contribution in [0.5, 0.6) is 0 Å². The zero-order chi connectivity index (χ0) is 18.4. The first-order chi connectivity index (χ1) is 12.6. The number of hydrogen-bond acceptors (Lipinski definition) is 4. The third kappa shape index (κ3) is 4.95. The number of oxazole rings is 1. The number of aromatic nitrogens is 1. The summed E-state index contributed by atoms with van der Waals surface area (Å²) in [5, 5.41) is 2.63. The van der Waals surface area contributed by atoms with Gasteiger partial charge in [-0.3, -0.25) is 4.79 Å². The molecule has 3 aromatic rings. The third-order valence-electron chi connectivity index (χ3n) is 3.80. The van der Waals surface area contributed by atoms with Gasteiger partial charge in [-0.1, -0.05) is 30.3 Å². The summed E-state index contributed by atoms with van der Waals surface area (Å²) in [6.07, 6.45) is 1.62. The Hall–Kier alpha value is -2.60. The van der Waals surface area contributed by atoms with E-state index in [9.17, 15) is 9.18 Å². The molecule has 0 aliphatic rings. The Kier molecular flexibility index (Phi) is 6.07. The van der Waals surface area contributed by atoms with Crippen LogP contribution in [0.1, 0.15) is 18.2 Å². The number of carbonyl (C=O) groups is 1. The number of amides is 1. The molecular formula is C20H19FN2O2S. The lowest BCUT2D eigenvalue weighted by molar-refractivity contribution is -0.120. The van der Waals surface area contributed by atoms with Crippen molar-refractivity contribution >= 4 is 17.7 Å². The Morgan fingerprint density at radius 1 is 1.19 bits per heavy atom. The number of rotatable bonds is 7. The summed E-state index contributed by atoms with van der Waals surface area (Å²) in [6.45, 7) is 2.23. The number of thioether (sulfide) groups is 1. The van der Waals surface area contributed by atoms with Crippen LogP contribution in [0.3, 0.4) is 0 Å². The standard InChI is InChI=1S/C20H19FN2O2S/c1-14(19(24)22-11-15-7-9-17(21)10-8-15)26-13-18-12-25-20(23-18)16-5-3-2-4-6-16/h2-10,12,14H,11,13H2,1H3,(H,22,24). The number of halogens is 1. The molecular weight excluding hydrogens is 351 g/mol.